The molecule has 1 aliphatic rings. The zero-order chi connectivity index (χ0) is 15.8. The summed E-state index contributed by atoms with van der Waals surface area (Å²) in [7, 11) is 0. The average molecular weight is 343 g/mol. The molecule has 22 heavy (non-hydrogen) atoms. The Morgan fingerprint density at radius 1 is 1.64 bits per heavy atom. The number of ether oxygens (including phenoxy) is 1. The Kier molecular flexibility index (Phi) is 7.72. The van der Waals surface area contributed by atoms with E-state index in [1.54, 1.807) is 11.3 Å². The summed E-state index contributed by atoms with van der Waals surface area (Å²) in [5.41, 5.74) is 0. The number of rotatable bonds is 8. The molecular weight excluding hydrogens is 316 g/mol. The first-order valence-electron chi connectivity index (χ1n) is 7.94. The van der Waals surface area contributed by atoms with Gasteiger partial charge in [-0.05, 0) is 24.1 Å². The molecular formula is C16H26N2O2S2. The van der Waals surface area contributed by atoms with E-state index in [1.165, 1.54) is 4.88 Å². The Hall–Kier alpha value is -0.560. The van der Waals surface area contributed by atoms with E-state index in [0.717, 1.165) is 31.2 Å². The van der Waals surface area contributed by atoms with Crippen LogP contribution < -0.4 is 5.32 Å². The number of hydrogen-bond acceptors (Lipinski definition) is 5. The molecule has 1 amide bonds. The lowest BCUT2D eigenvalue weighted by atomic mass is 10.1. The number of amides is 1. The van der Waals surface area contributed by atoms with E-state index < -0.39 is 0 Å². The third-order valence-corrected chi connectivity index (χ3v) is 5.63. The molecule has 4 nitrogen and oxygen atoms in total. The maximum Gasteiger partial charge on any atom is 0.220 e. The van der Waals surface area contributed by atoms with Crippen molar-refractivity contribution in [1.82, 2.24) is 10.2 Å². The SMILES string of the molecule is CCSCCC(=O)NC[C@@H](c1cccs1)N1CCO[C@@H](C)C1. The molecule has 0 aliphatic carbocycles. The van der Waals surface area contributed by atoms with Gasteiger partial charge in [-0.2, -0.15) is 11.8 Å². The zero-order valence-electron chi connectivity index (χ0n) is 13.4. The second kappa shape index (κ2) is 9.55. The molecule has 2 rings (SSSR count). The minimum Gasteiger partial charge on any atom is -0.376 e. The number of nitrogens with one attached hydrogen (secondary N) is 1. The third-order valence-electron chi connectivity index (χ3n) is 3.76. The van der Waals surface area contributed by atoms with Gasteiger partial charge in [0.15, 0.2) is 0 Å². The molecule has 124 valence electrons. The zero-order valence-corrected chi connectivity index (χ0v) is 15.0. The van der Waals surface area contributed by atoms with Crippen molar-refractivity contribution in [2.24, 2.45) is 0 Å². The number of thiophene rings is 1. The van der Waals surface area contributed by atoms with Gasteiger partial charge in [0, 0.05) is 36.7 Å². The van der Waals surface area contributed by atoms with E-state index in [1.807, 2.05) is 11.8 Å². The summed E-state index contributed by atoms with van der Waals surface area (Å²) in [6.45, 7) is 7.53. The van der Waals surface area contributed by atoms with Crippen LogP contribution >= 0.6 is 23.1 Å². The fourth-order valence-corrected chi connectivity index (χ4v) is 4.11. The smallest absolute Gasteiger partial charge is 0.220 e. The lowest BCUT2D eigenvalue weighted by molar-refractivity contribution is -0.121. The van der Waals surface area contributed by atoms with Crippen LogP contribution in [0, 0.1) is 0 Å². The monoisotopic (exact) mass is 342 g/mol. The lowest BCUT2D eigenvalue weighted by Gasteiger charge is -2.37. The van der Waals surface area contributed by atoms with Gasteiger partial charge in [-0.15, -0.1) is 11.3 Å². The lowest BCUT2D eigenvalue weighted by Crippen LogP contribution is -2.46. The summed E-state index contributed by atoms with van der Waals surface area (Å²) in [5.74, 6) is 2.13. The Bertz CT molecular complexity index is 439. The van der Waals surface area contributed by atoms with Crippen LogP contribution in [0.1, 0.15) is 31.2 Å². The van der Waals surface area contributed by atoms with Gasteiger partial charge in [0.1, 0.15) is 0 Å². The summed E-state index contributed by atoms with van der Waals surface area (Å²) in [6, 6.07) is 4.50. The minimum absolute atomic E-state index is 0.156. The van der Waals surface area contributed by atoms with Crippen molar-refractivity contribution in [3.63, 3.8) is 0 Å². The molecule has 1 saturated heterocycles. The number of carbonyl (C=O) groups excluding carboxylic acids is 1. The highest BCUT2D eigenvalue weighted by Gasteiger charge is 2.26. The largest absolute Gasteiger partial charge is 0.376 e. The molecule has 6 heteroatoms. The van der Waals surface area contributed by atoms with Gasteiger partial charge in [0.05, 0.1) is 18.8 Å². The highest BCUT2D eigenvalue weighted by Crippen LogP contribution is 2.26. The van der Waals surface area contributed by atoms with Crippen molar-refractivity contribution in [3.8, 4) is 0 Å². The van der Waals surface area contributed by atoms with Crippen molar-refractivity contribution in [2.75, 3.05) is 37.7 Å². The molecule has 1 aromatic rings. The molecule has 2 heterocycles. The fourth-order valence-electron chi connectivity index (χ4n) is 2.63. The first-order chi connectivity index (χ1) is 10.7. The Labute approximate surface area is 141 Å². The third kappa shape index (κ3) is 5.57. The Balaban J connectivity index is 1.89. The number of thioether (sulfide) groups is 1. The van der Waals surface area contributed by atoms with Gasteiger partial charge < -0.3 is 10.1 Å². The highest BCUT2D eigenvalue weighted by atomic mass is 32.2. The fraction of sp³-hybridized carbons (Fsp3) is 0.688. The number of carbonyl (C=O) groups is 1. The van der Waals surface area contributed by atoms with Gasteiger partial charge >= 0.3 is 0 Å². The minimum atomic E-state index is 0.156. The molecule has 1 aliphatic heterocycles. The van der Waals surface area contributed by atoms with Crippen LogP contribution in [-0.2, 0) is 9.53 Å². The predicted octanol–water partition coefficient (Wildman–Crippen LogP) is 2.77. The molecule has 0 saturated carbocycles. The van der Waals surface area contributed by atoms with Crippen LogP contribution in [0.15, 0.2) is 17.5 Å². The van der Waals surface area contributed by atoms with Crippen molar-refractivity contribution in [2.45, 2.75) is 32.4 Å². The van der Waals surface area contributed by atoms with Crippen molar-refractivity contribution in [3.05, 3.63) is 22.4 Å². The number of nitrogens with zero attached hydrogens (tertiary/aromatic N) is 1. The predicted molar refractivity (Wildman–Crippen MR) is 94.7 cm³/mol. The second-order valence-corrected chi connectivity index (χ2v) is 7.83. The molecule has 0 bridgehead atoms. The van der Waals surface area contributed by atoms with Crippen molar-refractivity contribution >= 4 is 29.0 Å². The first-order valence-corrected chi connectivity index (χ1v) is 9.97. The number of morpholine rings is 1. The summed E-state index contributed by atoms with van der Waals surface area (Å²) in [6.07, 6.45) is 0.864. The van der Waals surface area contributed by atoms with E-state index in [4.69, 9.17) is 4.74 Å². The van der Waals surface area contributed by atoms with Crippen LogP contribution in [0.4, 0.5) is 0 Å². The molecule has 0 aromatic carbocycles. The summed E-state index contributed by atoms with van der Waals surface area (Å²) < 4.78 is 5.64. The second-order valence-electron chi connectivity index (χ2n) is 5.46. The maximum absolute atomic E-state index is 12.0. The molecule has 1 fully saturated rings. The molecule has 0 unspecified atom stereocenters. The van der Waals surface area contributed by atoms with Crippen molar-refractivity contribution in [1.29, 1.82) is 0 Å². The van der Waals surface area contributed by atoms with E-state index in [9.17, 15) is 4.79 Å². The van der Waals surface area contributed by atoms with E-state index in [2.05, 4.69) is 41.6 Å². The summed E-state index contributed by atoms with van der Waals surface area (Å²) >= 11 is 3.57. The normalized spacial score (nSPS) is 20.7. The molecule has 1 aromatic heterocycles. The highest BCUT2D eigenvalue weighted by molar-refractivity contribution is 7.99. The van der Waals surface area contributed by atoms with Crippen LogP contribution in [0.3, 0.4) is 0 Å². The standard InChI is InChI=1S/C16H26N2O2S2/c1-3-21-10-6-16(19)17-11-14(15-5-4-9-22-15)18-7-8-20-13(2)12-18/h4-5,9,13-14H,3,6-8,10-12H2,1-2H3,(H,17,19)/t13-,14-/m0/s1. The topological polar surface area (TPSA) is 41.6 Å². The molecule has 2 atom stereocenters. The van der Waals surface area contributed by atoms with E-state index in [-0.39, 0.29) is 18.1 Å². The van der Waals surface area contributed by atoms with Gasteiger partial charge in [-0.3, -0.25) is 9.69 Å². The molecule has 1 N–H and O–H groups in total. The molecule has 0 radical (unpaired) electrons. The van der Waals surface area contributed by atoms with E-state index in [0.29, 0.717) is 13.0 Å². The summed E-state index contributed by atoms with van der Waals surface area (Å²) in [4.78, 5) is 15.7. The average Bonchev–Trinajstić information content (AvgIpc) is 3.02. The summed E-state index contributed by atoms with van der Waals surface area (Å²) in [5, 5.41) is 5.22. The maximum atomic E-state index is 12.0. The van der Waals surface area contributed by atoms with Crippen molar-refractivity contribution < 1.29 is 9.53 Å². The van der Waals surface area contributed by atoms with E-state index >= 15 is 0 Å². The van der Waals surface area contributed by atoms with Crippen LogP contribution in [-0.4, -0.2) is 54.7 Å². The van der Waals surface area contributed by atoms with Gasteiger partial charge in [-0.25, -0.2) is 0 Å². The van der Waals surface area contributed by atoms with Crippen LogP contribution in [0.25, 0.3) is 0 Å². The molecule has 0 spiro atoms. The number of hydrogen-bond donors (Lipinski definition) is 1. The Morgan fingerprint density at radius 2 is 2.50 bits per heavy atom. The quantitative estimate of drug-likeness (QED) is 0.738. The van der Waals surface area contributed by atoms with Crippen LogP contribution in [0.5, 0.6) is 0 Å². The van der Waals surface area contributed by atoms with Crippen LogP contribution in [0.2, 0.25) is 0 Å². The van der Waals surface area contributed by atoms with Gasteiger partial charge in [-0.1, -0.05) is 13.0 Å². The van der Waals surface area contributed by atoms with Gasteiger partial charge in [0.2, 0.25) is 5.91 Å². The first kappa shape index (κ1) is 17.8. The Morgan fingerprint density at radius 3 is 3.18 bits per heavy atom. The van der Waals surface area contributed by atoms with Gasteiger partial charge in [0.25, 0.3) is 0 Å².